The first-order chi connectivity index (χ1) is 11.8. The summed E-state index contributed by atoms with van der Waals surface area (Å²) >= 11 is 0. The lowest BCUT2D eigenvalue weighted by Crippen LogP contribution is -2.44. The van der Waals surface area contributed by atoms with Gasteiger partial charge in [0.2, 0.25) is 5.91 Å². The number of hydrogen-bond donors (Lipinski definition) is 2. The second-order valence-electron chi connectivity index (χ2n) is 8.18. The van der Waals surface area contributed by atoms with E-state index in [0.717, 1.165) is 39.0 Å². The van der Waals surface area contributed by atoms with E-state index in [9.17, 15) is 9.59 Å². The topological polar surface area (TPSA) is 87.2 Å². The predicted octanol–water partition coefficient (Wildman–Crippen LogP) is 2.52. The zero-order valence-corrected chi connectivity index (χ0v) is 17.7. The summed E-state index contributed by atoms with van der Waals surface area (Å²) in [5.74, 6) is -0.0926. The van der Waals surface area contributed by atoms with E-state index in [-0.39, 0.29) is 48.1 Å². The van der Waals surface area contributed by atoms with Gasteiger partial charge in [-0.2, -0.15) is 0 Å². The predicted molar refractivity (Wildman–Crippen MR) is 110 cm³/mol. The van der Waals surface area contributed by atoms with E-state index in [2.05, 4.69) is 20.6 Å². The molecule has 2 fully saturated rings. The van der Waals surface area contributed by atoms with Gasteiger partial charge in [-0.25, -0.2) is 9.97 Å². The number of carbonyl (C=O) groups is 2. The minimum atomic E-state index is -0.565. The highest BCUT2D eigenvalue weighted by molar-refractivity contribution is 6.02. The Morgan fingerprint density at radius 2 is 1.74 bits per heavy atom. The van der Waals surface area contributed by atoms with Crippen LogP contribution in [0.4, 0.5) is 5.82 Å². The molecule has 0 saturated carbocycles. The van der Waals surface area contributed by atoms with Crippen LogP contribution in [-0.2, 0) is 4.79 Å². The fourth-order valence-corrected chi connectivity index (χ4v) is 3.44. The van der Waals surface area contributed by atoms with Crippen molar-refractivity contribution in [3.8, 4) is 0 Å². The Kier molecular flexibility index (Phi) is 8.01. The van der Waals surface area contributed by atoms with Crippen molar-refractivity contribution in [3.05, 3.63) is 18.1 Å². The quantitative estimate of drug-likeness (QED) is 0.771. The van der Waals surface area contributed by atoms with Gasteiger partial charge in [0.1, 0.15) is 0 Å². The van der Waals surface area contributed by atoms with Crippen molar-refractivity contribution in [1.82, 2.24) is 20.2 Å². The Morgan fingerprint density at radius 1 is 1.11 bits per heavy atom. The third-order valence-electron chi connectivity index (χ3n) is 5.26. The monoisotopic (exact) mass is 417 g/mol. The molecule has 3 heterocycles. The van der Waals surface area contributed by atoms with E-state index in [0.29, 0.717) is 5.41 Å². The van der Waals surface area contributed by atoms with Crippen LogP contribution in [0.5, 0.6) is 0 Å². The average Bonchev–Trinajstić information content (AvgIpc) is 3.03. The van der Waals surface area contributed by atoms with Gasteiger partial charge in [-0.15, -0.1) is 24.8 Å². The maximum atomic E-state index is 12.9. The minimum absolute atomic E-state index is 0. The van der Waals surface area contributed by atoms with Gasteiger partial charge < -0.3 is 15.5 Å². The number of amides is 2. The Bertz CT molecular complexity index is 662. The molecule has 152 valence electrons. The molecule has 2 N–H and O–H groups in total. The van der Waals surface area contributed by atoms with Crippen LogP contribution in [0.15, 0.2) is 12.4 Å². The summed E-state index contributed by atoms with van der Waals surface area (Å²) in [7, 11) is 0. The number of nitrogens with one attached hydrogen (secondary N) is 2. The maximum Gasteiger partial charge on any atom is 0.276 e. The van der Waals surface area contributed by atoms with Gasteiger partial charge in [-0.1, -0.05) is 20.8 Å². The van der Waals surface area contributed by atoms with Crippen molar-refractivity contribution in [2.45, 2.75) is 40.0 Å². The van der Waals surface area contributed by atoms with Gasteiger partial charge >= 0.3 is 0 Å². The molecule has 2 amide bonds. The van der Waals surface area contributed by atoms with Crippen molar-refractivity contribution in [3.63, 3.8) is 0 Å². The maximum absolute atomic E-state index is 12.9. The molecular formula is C18H29Cl2N5O2. The molecular weight excluding hydrogens is 389 g/mol. The van der Waals surface area contributed by atoms with E-state index in [1.807, 2.05) is 25.7 Å². The van der Waals surface area contributed by atoms with Gasteiger partial charge in [-0.3, -0.25) is 9.59 Å². The van der Waals surface area contributed by atoms with Crippen LogP contribution < -0.4 is 10.6 Å². The summed E-state index contributed by atoms with van der Waals surface area (Å²) in [5, 5.41) is 6.18. The van der Waals surface area contributed by atoms with E-state index in [1.54, 1.807) is 0 Å². The Morgan fingerprint density at radius 3 is 2.30 bits per heavy atom. The van der Waals surface area contributed by atoms with Crippen molar-refractivity contribution < 1.29 is 9.59 Å². The van der Waals surface area contributed by atoms with Gasteiger partial charge in [0.05, 0.1) is 0 Å². The molecule has 0 bridgehead atoms. The Balaban J connectivity index is 0.00000182. The normalized spacial score (nSPS) is 18.4. The SMILES string of the molecule is CC(C)(C)C(=O)Nc1nccnc1C(=O)N1CCC2(CCNC2)CC1.Cl.Cl. The summed E-state index contributed by atoms with van der Waals surface area (Å²) in [6.45, 7) is 9.03. The molecule has 0 radical (unpaired) electrons. The zero-order chi connectivity index (χ0) is 18.1. The highest BCUT2D eigenvalue weighted by Crippen LogP contribution is 2.37. The number of hydrogen-bond acceptors (Lipinski definition) is 5. The van der Waals surface area contributed by atoms with Crippen LogP contribution in [0.2, 0.25) is 0 Å². The largest absolute Gasteiger partial charge is 0.337 e. The third-order valence-corrected chi connectivity index (χ3v) is 5.26. The van der Waals surface area contributed by atoms with Crippen LogP contribution in [0.3, 0.4) is 0 Å². The number of likely N-dealkylation sites (tertiary alicyclic amines) is 1. The number of rotatable bonds is 2. The molecule has 1 aromatic heterocycles. The molecule has 1 aromatic rings. The van der Waals surface area contributed by atoms with Crippen molar-refractivity contribution in [1.29, 1.82) is 0 Å². The highest BCUT2D eigenvalue weighted by atomic mass is 35.5. The Hall–Kier alpha value is -1.44. The number of halogens is 2. The smallest absolute Gasteiger partial charge is 0.276 e. The highest BCUT2D eigenvalue weighted by Gasteiger charge is 2.38. The van der Waals surface area contributed by atoms with Crippen LogP contribution in [0, 0.1) is 10.8 Å². The van der Waals surface area contributed by atoms with Crippen LogP contribution in [-0.4, -0.2) is 52.9 Å². The molecule has 0 atom stereocenters. The first-order valence-corrected chi connectivity index (χ1v) is 8.93. The molecule has 27 heavy (non-hydrogen) atoms. The molecule has 1 spiro atoms. The van der Waals surface area contributed by atoms with E-state index >= 15 is 0 Å². The lowest BCUT2D eigenvalue weighted by atomic mass is 9.78. The molecule has 0 unspecified atom stereocenters. The fraction of sp³-hybridized carbons (Fsp3) is 0.667. The Labute approximate surface area is 172 Å². The lowest BCUT2D eigenvalue weighted by Gasteiger charge is -2.38. The third kappa shape index (κ3) is 5.30. The summed E-state index contributed by atoms with van der Waals surface area (Å²) in [4.78, 5) is 35.4. The summed E-state index contributed by atoms with van der Waals surface area (Å²) in [6.07, 6.45) is 6.19. The summed E-state index contributed by atoms with van der Waals surface area (Å²) < 4.78 is 0. The summed E-state index contributed by atoms with van der Waals surface area (Å²) in [5.41, 5.74) is 0.00774. The van der Waals surface area contributed by atoms with Gasteiger partial charge in [0, 0.05) is 37.4 Å². The van der Waals surface area contributed by atoms with Crippen LogP contribution in [0.1, 0.15) is 50.5 Å². The van der Waals surface area contributed by atoms with Crippen LogP contribution in [0.25, 0.3) is 0 Å². The molecule has 0 aromatic carbocycles. The second kappa shape index (κ2) is 9.17. The van der Waals surface area contributed by atoms with Gasteiger partial charge in [-0.05, 0) is 31.2 Å². The second-order valence-corrected chi connectivity index (χ2v) is 8.18. The van der Waals surface area contributed by atoms with Gasteiger partial charge in [0.25, 0.3) is 5.91 Å². The molecule has 9 heteroatoms. The number of anilines is 1. The van der Waals surface area contributed by atoms with Gasteiger partial charge in [0.15, 0.2) is 11.5 Å². The van der Waals surface area contributed by atoms with E-state index in [1.165, 1.54) is 18.8 Å². The zero-order valence-electron chi connectivity index (χ0n) is 16.1. The first kappa shape index (κ1) is 23.6. The molecule has 2 aliphatic rings. The van der Waals surface area contributed by atoms with Crippen molar-refractivity contribution in [2.24, 2.45) is 10.8 Å². The molecule has 7 nitrogen and oxygen atoms in total. The standard InChI is InChI=1S/C18H27N5O2.2ClH/c1-17(2,3)16(25)22-14-13(20-8-9-21-14)15(24)23-10-5-18(6-11-23)4-7-19-12-18;;/h8-9,19H,4-7,10-12H2,1-3H3,(H,21,22,25);2*1H. The number of piperidine rings is 1. The number of carbonyl (C=O) groups excluding carboxylic acids is 2. The van der Waals surface area contributed by atoms with Crippen molar-refractivity contribution in [2.75, 3.05) is 31.5 Å². The fourth-order valence-electron chi connectivity index (χ4n) is 3.44. The minimum Gasteiger partial charge on any atom is -0.337 e. The van der Waals surface area contributed by atoms with E-state index in [4.69, 9.17) is 0 Å². The van der Waals surface area contributed by atoms with E-state index < -0.39 is 5.41 Å². The molecule has 0 aliphatic carbocycles. The molecule has 2 saturated heterocycles. The molecule has 3 rings (SSSR count). The number of aromatic nitrogens is 2. The van der Waals surface area contributed by atoms with Crippen LogP contribution >= 0.6 is 24.8 Å². The van der Waals surface area contributed by atoms with Crippen molar-refractivity contribution >= 4 is 42.4 Å². The molecule has 2 aliphatic heterocycles. The average molecular weight is 418 g/mol. The summed E-state index contributed by atoms with van der Waals surface area (Å²) in [6, 6.07) is 0. The lowest BCUT2D eigenvalue weighted by molar-refractivity contribution is -0.123. The first-order valence-electron chi connectivity index (χ1n) is 8.93. The number of nitrogens with zero attached hydrogens (tertiary/aromatic N) is 3.